The third kappa shape index (κ3) is 5.45. The lowest BCUT2D eigenvalue weighted by Gasteiger charge is -2.06. The molecule has 0 spiro atoms. The van der Waals surface area contributed by atoms with Crippen molar-refractivity contribution in [2.75, 3.05) is 6.61 Å². The number of ether oxygens (including phenoxy) is 1. The number of pyridine rings is 1. The summed E-state index contributed by atoms with van der Waals surface area (Å²) in [4.78, 5) is 34.3. The maximum absolute atomic E-state index is 12.4. The van der Waals surface area contributed by atoms with Crippen LogP contribution in [0.25, 0.3) is 12.2 Å². The smallest absolute Gasteiger partial charge is 0.272 e. The van der Waals surface area contributed by atoms with Crippen LogP contribution < -0.4 is 26.6 Å². The average molecular weight is 411 g/mol. The molecule has 0 atom stereocenters. The first-order valence-electron chi connectivity index (χ1n) is 9.91. The average Bonchev–Trinajstić information content (AvgIpc) is 2.80. The minimum atomic E-state index is -0.397. The number of benzene rings is 2. The molecule has 2 N–H and O–H groups in total. The molecule has 4 rings (SSSR count). The molecule has 0 bridgehead atoms. The van der Waals surface area contributed by atoms with Gasteiger partial charge < -0.3 is 14.7 Å². The summed E-state index contributed by atoms with van der Waals surface area (Å²) in [6.45, 7) is 0.543. The van der Waals surface area contributed by atoms with Crippen LogP contribution in [0.3, 0.4) is 0 Å². The van der Waals surface area contributed by atoms with E-state index in [4.69, 9.17) is 4.74 Å². The van der Waals surface area contributed by atoms with Gasteiger partial charge in [0.2, 0.25) is 0 Å². The van der Waals surface area contributed by atoms with Crippen LogP contribution in [0, 0.1) is 0 Å². The minimum absolute atomic E-state index is 0.139. The Bertz CT molecular complexity index is 1370. The van der Waals surface area contributed by atoms with E-state index in [-0.39, 0.29) is 16.3 Å². The van der Waals surface area contributed by atoms with Crippen molar-refractivity contribution >= 4 is 12.2 Å². The molecule has 154 valence electrons. The van der Waals surface area contributed by atoms with Gasteiger partial charge in [-0.2, -0.15) is 0 Å². The zero-order valence-electron chi connectivity index (χ0n) is 16.7. The van der Waals surface area contributed by atoms with Gasteiger partial charge in [-0.1, -0.05) is 60.7 Å². The number of aromatic amines is 2. The Morgan fingerprint density at radius 1 is 0.774 bits per heavy atom. The molecular formula is C25H21N3O3. The summed E-state index contributed by atoms with van der Waals surface area (Å²) in [5.74, 6) is 0.642. The number of hydrogen-bond acceptors (Lipinski definition) is 4. The molecule has 0 saturated carbocycles. The maximum atomic E-state index is 12.4. The molecule has 4 aromatic rings. The number of hydrogen-bond donors (Lipinski definition) is 2. The molecule has 2 aromatic heterocycles. The van der Waals surface area contributed by atoms with Gasteiger partial charge in [-0.05, 0) is 35.4 Å². The lowest BCUT2D eigenvalue weighted by molar-refractivity contribution is 0.320. The van der Waals surface area contributed by atoms with Gasteiger partial charge in [-0.3, -0.25) is 14.6 Å². The van der Waals surface area contributed by atoms with Gasteiger partial charge in [0, 0.05) is 6.42 Å². The second kappa shape index (κ2) is 9.54. The van der Waals surface area contributed by atoms with Gasteiger partial charge in [-0.15, -0.1) is 0 Å². The molecule has 2 aromatic carbocycles. The second-order valence-electron chi connectivity index (χ2n) is 6.94. The third-order valence-electron chi connectivity index (χ3n) is 4.65. The quantitative estimate of drug-likeness (QED) is 0.506. The predicted molar refractivity (Wildman–Crippen MR) is 120 cm³/mol. The number of aromatic nitrogens is 3. The van der Waals surface area contributed by atoms with E-state index in [2.05, 4.69) is 27.1 Å². The number of H-pyrrole nitrogens is 2. The summed E-state index contributed by atoms with van der Waals surface area (Å²) < 4.78 is 5.72. The van der Waals surface area contributed by atoms with E-state index in [9.17, 15) is 9.59 Å². The molecular weight excluding hydrogens is 390 g/mol. The van der Waals surface area contributed by atoms with Crippen molar-refractivity contribution < 1.29 is 4.74 Å². The zero-order valence-corrected chi connectivity index (χ0v) is 16.7. The summed E-state index contributed by atoms with van der Waals surface area (Å²) in [5, 5.41) is 0.337. The first kappa shape index (κ1) is 20.1. The van der Waals surface area contributed by atoms with E-state index in [1.54, 1.807) is 24.4 Å². The fourth-order valence-electron chi connectivity index (χ4n) is 3.05. The van der Waals surface area contributed by atoms with Crippen molar-refractivity contribution in [1.82, 2.24) is 15.0 Å². The molecule has 0 aliphatic carbocycles. The molecule has 0 unspecified atom stereocenters. The van der Waals surface area contributed by atoms with Crippen LogP contribution >= 0.6 is 0 Å². The first-order chi connectivity index (χ1) is 15.2. The van der Waals surface area contributed by atoms with E-state index in [1.165, 1.54) is 11.6 Å². The van der Waals surface area contributed by atoms with E-state index in [0.717, 1.165) is 12.0 Å². The van der Waals surface area contributed by atoms with E-state index < -0.39 is 5.56 Å². The maximum Gasteiger partial charge on any atom is 0.272 e. The third-order valence-corrected chi connectivity index (χ3v) is 4.65. The van der Waals surface area contributed by atoms with Crippen LogP contribution in [0.4, 0.5) is 0 Å². The summed E-state index contributed by atoms with van der Waals surface area (Å²) >= 11 is 0. The Morgan fingerprint density at radius 3 is 2.06 bits per heavy atom. The van der Waals surface area contributed by atoms with Crippen molar-refractivity contribution in [2.24, 2.45) is 0 Å². The molecule has 0 aliphatic heterocycles. The molecule has 0 radical (unpaired) electrons. The summed E-state index contributed by atoms with van der Waals surface area (Å²) in [7, 11) is 0. The largest absolute Gasteiger partial charge is 0.492 e. The van der Waals surface area contributed by atoms with Crippen molar-refractivity contribution in [2.45, 2.75) is 6.42 Å². The first-order valence-corrected chi connectivity index (χ1v) is 9.91. The SMILES string of the molecule is O=c1[nH]/c(=C\c2ccc(OCCc3ccccc3)cn2)c(=O)[nH]/c1=C\c1ccccc1. The molecule has 0 aliphatic rings. The molecule has 31 heavy (non-hydrogen) atoms. The van der Waals surface area contributed by atoms with Crippen LogP contribution in [-0.2, 0) is 6.42 Å². The molecule has 0 fully saturated rings. The van der Waals surface area contributed by atoms with Gasteiger partial charge in [0.05, 0.1) is 18.5 Å². The number of nitrogens with one attached hydrogen (secondary N) is 2. The highest BCUT2D eigenvalue weighted by Gasteiger charge is 2.00. The normalized spacial score (nSPS) is 12.1. The summed E-state index contributed by atoms with van der Waals surface area (Å²) in [5.41, 5.74) is 1.79. The van der Waals surface area contributed by atoms with Crippen LogP contribution in [-0.4, -0.2) is 21.6 Å². The fourth-order valence-corrected chi connectivity index (χ4v) is 3.05. The Labute approximate surface area is 178 Å². The standard InChI is InChI=1S/C25H21N3O3/c29-24-22(15-19-9-5-2-6-10-19)27-25(30)23(28-24)16-20-11-12-21(17-26-20)31-14-13-18-7-3-1-4-8-18/h1-12,15-17H,13-14H2,(H,27,30)(H,28,29)/b22-15-,23-16-. The van der Waals surface area contributed by atoms with Gasteiger partial charge in [0.25, 0.3) is 11.1 Å². The minimum Gasteiger partial charge on any atom is -0.492 e. The van der Waals surface area contributed by atoms with Crippen LogP contribution in [0.5, 0.6) is 5.75 Å². The van der Waals surface area contributed by atoms with Crippen LogP contribution in [0.2, 0.25) is 0 Å². The summed E-state index contributed by atoms with van der Waals surface area (Å²) in [6, 6.07) is 22.9. The van der Waals surface area contributed by atoms with Gasteiger partial charge in [0.15, 0.2) is 0 Å². The van der Waals surface area contributed by atoms with Crippen molar-refractivity contribution in [3.8, 4) is 5.75 Å². The lowest BCUT2D eigenvalue weighted by Crippen LogP contribution is -2.46. The Hall–Kier alpha value is -4.19. The Balaban J connectivity index is 1.49. The zero-order chi connectivity index (χ0) is 21.5. The monoisotopic (exact) mass is 411 g/mol. The number of nitrogens with zero attached hydrogens (tertiary/aromatic N) is 1. The molecule has 2 heterocycles. The second-order valence-corrected chi connectivity index (χ2v) is 6.94. The van der Waals surface area contributed by atoms with Gasteiger partial charge in [-0.25, -0.2) is 0 Å². The van der Waals surface area contributed by atoms with Gasteiger partial charge >= 0.3 is 0 Å². The highest BCUT2D eigenvalue weighted by atomic mass is 16.5. The highest BCUT2D eigenvalue weighted by Crippen LogP contribution is 2.10. The van der Waals surface area contributed by atoms with E-state index in [0.29, 0.717) is 18.1 Å². The highest BCUT2D eigenvalue weighted by molar-refractivity contribution is 5.48. The summed E-state index contributed by atoms with van der Waals surface area (Å²) in [6.07, 6.45) is 5.56. The fraction of sp³-hybridized carbons (Fsp3) is 0.0800. The molecule has 0 amide bonds. The van der Waals surface area contributed by atoms with Crippen molar-refractivity contribution in [3.05, 3.63) is 127 Å². The predicted octanol–water partition coefficient (Wildman–Crippen LogP) is 1.74. The lowest BCUT2D eigenvalue weighted by atomic mass is 10.2. The van der Waals surface area contributed by atoms with Gasteiger partial charge in [0.1, 0.15) is 16.4 Å². The van der Waals surface area contributed by atoms with E-state index in [1.807, 2.05) is 48.5 Å². The van der Waals surface area contributed by atoms with Crippen molar-refractivity contribution in [1.29, 1.82) is 0 Å². The Morgan fingerprint density at radius 2 is 1.42 bits per heavy atom. The molecule has 0 saturated heterocycles. The van der Waals surface area contributed by atoms with E-state index >= 15 is 0 Å². The molecule has 6 nitrogen and oxygen atoms in total. The van der Waals surface area contributed by atoms with Crippen LogP contribution in [0.1, 0.15) is 16.8 Å². The van der Waals surface area contributed by atoms with Crippen LogP contribution in [0.15, 0.2) is 88.6 Å². The molecule has 6 heteroatoms. The Kier molecular flexibility index (Phi) is 6.18. The topological polar surface area (TPSA) is 87.8 Å². The number of rotatable bonds is 6. The van der Waals surface area contributed by atoms with Crippen molar-refractivity contribution in [3.63, 3.8) is 0 Å².